The van der Waals surface area contributed by atoms with Crippen LogP contribution in [0.5, 0.6) is 0 Å². The molecular weight excluding hydrogens is 402 g/mol. The lowest BCUT2D eigenvalue weighted by Gasteiger charge is -2.39. The second kappa shape index (κ2) is 8.77. The fourth-order valence-corrected chi connectivity index (χ4v) is 4.63. The van der Waals surface area contributed by atoms with Gasteiger partial charge in [0.25, 0.3) is 0 Å². The third-order valence-corrected chi connectivity index (χ3v) is 6.57. The number of hydrogen-bond donors (Lipinski definition) is 1. The smallest absolute Gasteiger partial charge is 0.245 e. The highest BCUT2D eigenvalue weighted by molar-refractivity contribution is 5.96. The first kappa shape index (κ1) is 22.1. The Bertz CT molecular complexity index is 1030. The number of carbonyl (C=O) groups is 3. The lowest BCUT2D eigenvalue weighted by atomic mass is 9.88. The minimum absolute atomic E-state index is 0.0159. The highest BCUT2D eigenvalue weighted by Gasteiger charge is 2.55. The van der Waals surface area contributed by atoms with E-state index in [0.29, 0.717) is 19.4 Å². The van der Waals surface area contributed by atoms with E-state index in [1.807, 2.05) is 55.5 Å². The van der Waals surface area contributed by atoms with Crippen LogP contribution in [0.2, 0.25) is 0 Å². The van der Waals surface area contributed by atoms with Gasteiger partial charge in [0, 0.05) is 39.2 Å². The zero-order valence-corrected chi connectivity index (χ0v) is 19.1. The molecule has 1 fully saturated rings. The minimum Gasteiger partial charge on any atom is -0.347 e. The van der Waals surface area contributed by atoms with Gasteiger partial charge in [0.1, 0.15) is 6.04 Å². The van der Waals surface area contributed by atoms with Crippen molar-refractivity contribution in [3.63, 3.8) is 0 Å². The maximum Gasteiger partial charge on any atom is 0.245 e. The number of nitrogens with one attached hydrogen (secondary N) is 1. The Balaban J connectivity index is 1.65. The molecule has 2 aliphatic rings. The SMILES string of the molecule is CCCC(=O)Nc1ccc2c(c1)CN(C(=O)C1(c3ccccc3)CC1)[C@H](C(=O)N(C)C)C2. The molecule has 4 rings (SSSR count). The van der Waals surface area contributed by atoms with Gasteiger partial charge in [-0.05, 0) is 48.1 Å². The number of benzene rings is 2. The summed E-state index contributed by atoms with van der Waals surface area (Å²) >= 11 is 0. The fourth-order valence-electron chi connectivity index (χ4n) is 4.63. The second-order valence-corrected chi connectivity index (χ2v) is 9.12. The zero-order chi connectivity index (χ0) is 22.9. The first-order chi connectivity index (χ1) is 15.4. The topological polar surface area (TPSA) is 69.7 Å². The van der Waals surface area contributed by atoms with E-state index in [-0.39, 0.29) is 17.7 Å². The van der Waals surface area contributed by atoms with E-state index >= 15 is 0 Å². The molecule has 1 N–H and O–H groups in total. The molecule has 1 aliphatic carbocycles. The molecular formula is C26H31N3O3. The quantitative estimate of drug-likeness (QED) is 0.758. The predicted molar refractivity (Wildman–Crippen MR) is 124 cm³/mol. The predicted octanol–water partition coefficient (Wildman–Crippen LogP) is 3.50. The molecule has 0 radical (unpaired) electrons. The van der Waals surface area contributed by atoms with Crippen molar-refractivity contribution in [2.75, 3.05) is 19.4 Å². The van der Waals surface area contributed by atoms with Crippen LogP contribution in [-0.4, -0.2) is 47.7 Å². The van der Waals surface area contributed by atoms with E-state index in [1.54, 1.807) is 23.9 Å². The van der Waals surface area contributed by atoms with Crippen molar-refractivity contribution in [1.82, 2.24) is 9.80 Å². The number of nitrogens with zero attached hydrogens (tertiary/aromatic N) is 2. The van der Waals surface area contributed by atoms with E-state index in [4.69, 9.17) is 0 Å². The number of hydrogen-bond acceptors (Lipinski definition) is 3. The van der Waals surface area contributed by atoms with Gasteiger partial charge < -0.3 is 15.1 Å². The van der Waals surface area contributed by atoms with Gasteiger partial charge >= 0.3 is 0 Å². The normalized spacial score (nSPS) is 18.5. The van der Waals surface area contributed by atoms with Crippen LogP contribution in [0, 0.1) is 0 Å². The lowest BCUT2D eigenvalue weighted by molar-refractivity contribution is -0.147. The van der Waals surface area contributed by atoms with Crippen LogP contribution in [0.3, 0.4) is 0 Å². The standard InChI is InChI=1S/C26H31N3O3/c1-4-8-23(30)27-21-12-11-18-16-22(24(31)28(2)3)29(17-19(18)15-21)25(32)26(13-14-26)20-9-6-5-7-10-20/h5-7,9-12,15,22H,4,8,13-14,16-17H2,1-3H3,(H,27,30)/t22-/m0/s1. The highest BCUT2D eigenvalue weighted by atomic mass is 16.2. The molecule has 0 bridgehead atoms. The van der Waals surface area contributed by atoms with Gasteiger partial charge in [0.05, 0.1) is 5.41 Å². The minimum atomic E-state index is -0.531. The highest BCUT2D eigenvalue weighted by Crippen LogP contribution is 2.50. The maximum atomic E-state index is 13.9. The maximum absolute atomic E-state index is 13.9. The summed E-state index contributed by atoms with van der Waals surface area (Å²) in [4.78, 5) is 42.3. The Morgan fingerprint density at radius 3 is 2.41 bits per heavy atom. The molecule has 0 unspecified atom stereocenters. The molecule has 0 saturated heterocycles. The summed E-state index contributed by atoms with van der Waals surface area (Å²) in [5.74, 6) is -0.0546. The number of carbonyl (C=O) groups excluding carboxylic acids is 3. The fraction of sp³-hybridized carbons (Fsp3) is 0.423. The van der Waals surface area contributed by atoms with Crippen molar-refractivity contribution >= 4 is 23.4 Å². The molecule has 1 saturated carbocycles. The van der Waals surface area contributed by atoms with Gasteiger partial charge in [0.2, 0.25) is 17.7 Å². The Kier molecular flexibility index (Phi) is 6.04. The van der Waals surface area contributed by atoms with Crippen LogP contribution >= 0.6 is 0 Å². The molecule has 0 spiro atoms. The van der Waals surface area contributed by atoms with E-state index in [0.717, 1.165) is 41.6 Å². The molecule has 0 aromatic heterocycles. The number of amides is 3. The first-order valence-corrected chi connectivity index (χ1v) is 11.3. The van der Waals surface area contributed by atoms with Gasteiger partial charge in [-0.3, -0.25) is 14.4 Å². The van der Waals surface area contributed by atoms with Crippen LogP contribution in [0.15, 0.2) is 48.5 Å². The van der Waals surface area contributed by atoms with E-state index in [1.165, 1.54) is 0 Å². The van der Waals surface area contributed by atoms with Crippen molar-refractivity contribution in [1.29, 1.82) is 0 Å². The summed E-state index contributed by atoms with van der Waals surface area (Å²) in [7, 11) is 3.47. The third-order valence-electron chi connectivity index (χ3n) is 6.57. The molecule has 2 aromatic carbocycles. The van der Waals surface area contributed by atoms with Gasteiger partial charge in [-0.25, -0.2) is 0 Å². The van der Waals surface area contributed by atoms with Crippen LogP contribution in [-0.2, 0) is 32.8 Å². The Hall–Kier alpha value is -3.15. The van der Waals surface area contributed by atoms with Crippen molar-refractivity contribution in [3.8, 4) is 0 Å². The summed E-state index contributed by atoms with van der Waals surface area (Å²) < 4.78 is 0. The average Bonchev–Trinajstić information content (AvgIpc) is 3.60. The van der Waals surface area contributed by atoms with E-state index < -0.39 is 11.5 Å². The number of rotatable bonds is 6. The monoisotopic (exact) mass is 433 g/mol. The molecule has 1 aliphatic heterocycles. The van der Waals surface area contributed by atoms with Gasteiger partial charge in [-0.1, -0.05) is 43.3 Å². The molecule has 3 amide bonds. The van der Waals surface area contributed by atoms with Gasteiger partial charge in [-0.2, -0.15) is 0 Å². The molecule has 6 heteroatoms. The second-order valence-electron chi connectivity index (χ2n) is 9.12. The number of fused-ring (bicyclic) bond motifs is 1. The summed E-state index contributed by atoms with van der Waals surface area (Å²) in [6.07, 6.45) is 3.34. The van der Waals surface area contributed by atoms with Crippen LogP contribution in [0.4, 0.5) is 5.69 Å². The molecule has 1 heterocycles. The Labute approximate surface area is 189 Å². The average molecular weight is 434 g/mol. The number of anilines is 1. The third kappa shape index (κ3) is 4.14. The van der Waals surface area contributed by atoms with Crippen molar-refractivity contribution in [3.05, 3.63) is 65.2 Å². The summed E-state index contributed by atoms with van der Waals surface area (Å²) in [6.45, 7) is 2.34. The zero-order valence-electron chi connectivity index (χ0n) is 19.1. The number of likely N-dealkylation sites (N-methyl/N-ethyl adjacent to an activating group) is 1. The largest absolute Gasteiger partial charge is 0.347 e. The molecule has 6 nitrogen and oxygen atoms in total. The van der Waals surface area contributed by atoms with Crippen LogP contribution in [0.1, 0.15) is 49.3 Å². The first-order valence-electron chi connectivity index (χ1n) is 11.3. The summed E-state index contributed by atoms with van der Waals surface area (Å²) in [5, 5.41) is 2.94. The van der Waals surface area contributed by atoms with Crippen molar-refractivity contribution < 1.29 is 14.4 Å². The van der Waals surface area contributed by atoms with Crippen molar-refractivity contribution in [2.24, 2.45) is 0 Å². The van der Waals surface area contributed by atoms with Crippen LogP contribution < -0.4 is 5.32 Å². The Morgan fingerprint density at radius 1 is 1.06 bits per heavy atom. The molecule has 32 heavy (non-hydrogen) atoms. The van der Waals surface area contributed by atoms with E-state index in [9.17, 15) is 14.4 Å². The van der Waals surface area contributed by atoms with E-state index in [2.05, 4.69) is 5.32 Å². The summed E-state index contributed by atoms with van der Waals surface area (Å²) in [6, 6.07) is 15.2. The van der Waals surface area contributed by atoms with Gasteiger partial charge in [0.15, 0.2) is 0 Å². The summed E-state index contributed by atoms with van der Waals surface area (Å²) in [5.41, 5.74) is 3.26. The Morgan fingerprint density at radius 2 is 1.78 bits per heavy atom. The lowest BCUT2D eigenvalue weighted by Crippen LogP contribution is -2.54. The molecule has 1 atom stereocenters. The van der Waals surface area contributed by atoms with Gasteiger partial charge in [-0.15, -0.1) is 0 Å². The molecule has 168 valence electrons. The molecule has 2 aromatic rings. The van der Waals surface area contributed by atoms with Crippen LogP contribution in [0.25, 0.3) is 0 Å². The van der Waals surface area contributed by atoms with Crippen molar-refractivity contribution in [2.45, 2.75) is 57.0 Å².